The number of carbonyl (C=O) groups is 1. The van der Waals surface area contributed by atoms with Gasteiger partial charge in [-0.15, -0.1) is 0 Å². The topological polar surface area (TPSA) is 75.7 Å². The maximum absolute atomic E-state index is 13.3. The number of anilines is 1. The fraction of sp³-hybridized carbons (Fsp3) is 0.381. The third-order valence-corrected chi connectivity index (χ3v) is 6.14. The van der Waals surface area contributed by atoms with Gasteiger partial charge in [0.2, 0.25) is 5.91 Å². The fourth-order valence-electron chi connectivity index (χ4n) is 2.58. The zero-order valence-corrected chi connectivity index (χ0v) is 17.6. The van der Waals surface area contributed by atoms with Crippen LogP contribution in [0.5, 0.6) is 5.75 Å². The first-order valence-electron chi connectivity index (χ1n) is 9.39. The second-order valence-electron chi connectivity index (χ2n) is 6.63. The molecular weight excluding hydrogens is 376 g/mol. The number of hydrogen-bond acceptors (Lipinski definition) is 4. The lowest BCUT2D eigenvalue weighted by atomic mass is 10.2. The average Bonchev–Trinajstić information content (AvgIpc) is 2.67. The van der Waals surface area contributed by atoms with E-state index in [4.69, 9.17) is 4.74 Å². The van der Waals surface area contributed by atoms with Crippen LogP contribution in [0.2, 0.25) is 0 Å². The number of nitrogens with one attached hydrogen (secondary N) is 1. The summed E-state index contributed by atoms with van der Waals surface area (Å²) in [5.41, 5.74) is 1.45. The Bertz CT molecular complexity index is 878. The van der Waals surface area contributed by atoms with Crippen molar-refractivity contribution in [1.82, 2.24) is 5.32 Å². The highest BCUT2D eigenvalue weighted by molar-refractivity contribution is 7.92. The van der Waals surface area contributed by atoms with Crippen LogP contribution in [0.25, 0.3) is 0 Å². The number of amides is 1. The third-order valence-electron chi connectivity index (χ3n) is 4.35. The Balaban J connectivity index is 2.38. The first-order valence-corrected chi connectivity index (χ1v) is 10.8. The van der Waals surface area contributed by atoms with Gasteiger partial charge in [-0.1, -0.05) is 24.6 Å². The van der Waals surface area contributed by atoms with Crippen molar-refractivity contribution < 1.29 is 17.9 Å². The van der Waals surface area contributed by atoms with Crippen LogP contribution in [0, 0.1) is 6.92 Å². The van der Waals surface area contributed by atoms with Gasteiger partial charge < -0.3 is 10.1 Å². The van der Waals surface area contributed by atoms with Crippen LogP contribution >= 0.6 is 0 Å². The number of nitrogens with zero attached hydrogens (tertiary/aromatic N) is 1. The average molecular weight is 405 g/mol. The Kier molecular flexibility index (Phi) is 7.45. The molecule has 0 aliphatic carbocycles. The molecule has 0 radical (unpaired) electrons. The summed E-state index contributed by atoms with van der Waals surface area (Å²) in [6, 6.07) is 13.2. The van der Waals surface area contributed by atoms with E-state index in [-0.39, 0.29) is 23.4 Å². The highest BCUT2D eigenvalue weighted by atomic mass is 32.2. The third kappa shape index (κ3) is 5.48. The van der Waals surface area contributed by atoms with Crippen LogP contribution in [0.3, 0.4) is 0 Å². The van der Waals surface area contributed by atoms with Crippen molar-refractivity contribution in [2.75, 3.05) is 17.5 Å². The molecular formula is C21H28N2O4S. The minimum absolute atomic E-state index is 0.0273. The highest BCUT2D eigenvalue weighted by Crippen LogP contribution is 2.25. The molecule has 0 heterocycles. The van der Waals surface area contributed by atoms with Gasteiger partial charge in [0.05, 0.1) is 17.2 Å². The molecule has 0 spiro atoms. The lowest BCUT2D eigenvalue weighted by Gasteiger charge is -2.25. The lowest BCUT2D eigenvalue weighted by Crippen LogP contribution is -2.43. The SMILES string of the molecule is CCOc1ccc(S(=O)(=O)N(CC(=O)N[C@@H](C)CC)c2ccc(C)cc2)cc1. The molecule has 1 N–H and O–H groups in total. The summed E-state index contributed by atoms with van der Waals surface area (Å²) in [5.74, 6) is 0.252. The van der Waals surface area contributed by atoms with E-state index in [2.05, 4.69) is 5.32 Å². The molecule has 28 heavy (non-hydrogen) atoms. The number of ether oxygens (including phenoxy) is 1. The quantitative estimate of drug-likeness (QED) is 0.694. The van der Waals surface area contributed by atoms with E-state index >= 15 is 0 Å². The fourth-order valence-corrected chi connectivity index (χ4v) is 4.00. The second-order valence-corrected chi connectivity index (χ2v) is 8.49. The van der Waals surface area contributed by atoms with Crippen molar-refractivity contribution in [3.05, 3.63) is 54.1 Å². The van der Waals surface area contributed by atoms with Crippen LogP contribution < -0.4 is 14.4 Å². The first kappa shape index (κ1) is 21.8. The highest BCUT2D eigenvalue weighted by Gasteiger charge is 2.27. The maximum atomic E-state index is 13.3. The zero-order valence-electron chi connectivity index (χ0n) is 16.8. The van der Waals surface area contributed by atoms with Crippen molar-refractivity contribution in [3.8, 4) is 5.75 Å². The van der Waals surface area contributed by atoms with Crippen molar-refractivity contribution in [3.63, 3.8) is 0 Å². The van der Waals surface area contributed by atoms with E-state index < -0.39 is 10.0 Å². The summed E-state index contributed by atoms with van der Waals surface area (Å²) in [6.45, 7) is 7.83. The van der Waals surface area contributed by atoms with Crippen LogP contribution in [0.1, 0.15) is 32.8 Å². The van der Waals surface area contributed by atoms with Gasteiger partial charge in [0.15, 0.2) is 0 Å². The number of hydrogen-bond donors (Lipinski definition) is 1. The summed E-state index contributed by atoms with van der Waals surface area (Å²) in [6.07, 6.45) is 0.766. The molecule has 0 unspecified atom stereocenters. The molecule has 2 aromatic rings. The van der Waals surface area contributed by atoms with E-state index in [0.29, 0.717) is 18.0 Å². The largest absolute Gasteiger partial charge is 0.494 e. The lowest BCUT2D eigenvalue weighted by molar-refractivity contribution is -0.120. The molecule has 0 saturated carbocycles. The van der Waals surface area contributed by atoms with Crippen LogP contribution in [-0.2, 0) is 14.8 Å². The summed E-state index contributed by atoms with van der Waals surface area (Å²) in [4.78, 5) is 12.5. The predicted octanol–water partition coefficient (Wildman–Crippen LogP) is 3.50. The summed E-state index contributed by atoms with van der Waals surface area (Å²) in [5, 5.41) is 2.83. The zero-order chi connectivity index (χ0) is 20.7. The van der Waals surface area contributed by atoms with Gasteiger partial charge in [0.1, 0.15) is 12.3 Å². The Hall–Kier alpha value is -2.54. The van der Waals surface area contributed by atoms with Crippen molar-refractivity contribution in [1.29, 1.82) is 0 Å². The molecule has 1 amide bonds. The smallest absolute Gasteiger partial charge is 0.264 e. The molecule has 1 atom stereocenters. The molecule has 0 aromatic heterocycles. The van der Waals surface area contributed by atoms with Gasteiger partial charge in [-0.2, -0.15) is 0 Å². The molecule has 0 saturated heterocycles. The van der Waals surface area contributed by atoms with Gasteiger partial charge in [0, 0.05) is 6.04 Å². The minimum Gasteiger partial charge on any atom is -0.494 e. The Labute approximate surface area is 167 Å². The van der Waals surface area contributed by atoms with Crippen molar-refractivity contribution >= 4 is 21.6 Å². The minimum atomic E-state index is -3.92. The van der Waals surface area contributed by atoms with Gasteiger partial charge in [-0.25, -0.2) is 8.42 Å². The molecule has 6 nitrogen and oxygen atoms in total. The van der Waals surface area contributed by atoms with Crippen LogP contribution in [0.15, 0.2) is 53.4 Å². The second kappa shape index (κ2) is 9.59. The van der Waals surface area contributed by atoms with Gasteiger partial charge >= 0.3 is 0 Å². The molecule has 152 valence electrons. The van der Waals surface area contributed by atoms with E-state index in [1.165, 1.54) is 12.1 Å². The number of benzene rings is 2. The predicted molar refractivity (Wildman–Crippen MR) is 111 cm³/mol. The molecule has 0 fully saturated rings. The monoisotopic (exact) mass is 404 g/mol. The number of rotatable bonds is 9. The van der Waals surface area contributed by atoms with Gasteiger partial charge in [0.25, 0.3) is 10.0 Å². The molecule has 2 rings (SSSR count). The maximum Gasteiger partial charge on any atom is 0.264 e. The number of sulfonamides is 1. The van der Waals surface area contributed by atoms with Gasteiger partial charge in [-0.3, -0.25) is 9.10 Å². The van der Waals surface area contributed by atoms with E-state index in [9.17, 15) is 13.2 Å². The van der Waals surface area contributed by atoms with Crippen molar-refractivity contribution in [2.45, 2.75) is 45.1 Å². The summed E-state index contributed by atoms with van der Waals surface area (Å²) >= 11 is 0. The van der Waals surface area contributed by atoms with E-state index in [1.807, 2.05) is 39.8 Å². The Morgan fingerprint density at radius 1 is 1.07 bits per heavy atom. The normalized spacial score (nSPS) is 12.3. The Morgan fingerprint density at radius 3 is 2.21 bits per heavy atom. The van der Waals surface area contributed by atoms with Gasteiger partial charge in [-0.05, 0) is 63.6 Å². The number of aryl methyl sites for hydroxylation is 1. The molecule has 0 aliphatic heterocycles. The number of carbonyl (C=O) groups excluding carboxylic acids is 1. The molecule has 0 bridgehead atoms. The van der Waals surface area contributed by atoms with Crippen LogP contribution in [-0.4, -0.2) is 33.5 Å². The summed E-state index contributed by atoms with van der Waals surface area (Å²) < 4.78 is 33.1. The van der Waals surface area contributed by atoms with Crippen LogP contribution in [0.4, 0.5) is 5.69 Å². The summed E-state index contributed by atoms with van der Waals surface area (Å²) in [7, 11) is -3.92. The Morgan fingerprint density at radius 2 is 1.68 bits per heavy atom. The standard InChI is InChI=1S/C21H28N2O4S/c1-5-17(4)22-21(24)15-23(18-9-7-16(3)8-10-18)28(25,26)20-13-11-19(12-14-20)27-6-2/h7-14,17H,5-6,15H2,1-4H3,(H,22,24)/t17-/m0/s1. The first-order chi connectivity index (χ1) is 13.3. The van der Waals surface area contributed by atoms with Crippen molar-refractivity contribution in [2.24, 2.45) is 0 Å². The molecule has 2 aromatic carbocycles. The van der Waals surface area contributed by atoms with E-state index in [0.717, 1.165) is 16.3 Å². The molecule has 0 aliphatic rings. The molecule has 7 heteroatoms. The van der Waals surface area contributed by atoms with E-state index in [1.54, 1.807) is 24.3 Å².